The molecule has 1 aliphatic rings. The molecule has 2 heterocycles. The number of thioether (sulfide) groups is 1. The Labute approximate surface area is 92.9 Å². The van der Waals surface area contributed by atoms with Gasteiger partial charge in [0.1, 0.15) is 5.82 Å². The third-order valence-corrected chi connectivity index (χ3v) is 3.28. The van der Waals surface area contributed by atoms with Crippen molar-refractivity contribution >= 4 is 11.8 Å². The van der Waals surface area contributed by atoms with E-state index in [0.717, 1.165) is 28.6 Å². The van der Waals surface area contributed by atoms with E-state index >= 15 is 0 Å². The smallest absolute Gasteiger partial charge is 0.255 e. The van der Waals surface area contributed by atoms with Crippen molar-refractivity contribution in [3.05, 3.63) is 27.4 Å². The van der Waals surface area contributed by atoms with Crippen molar-refractivity contribution in [1.29, 1.82) is 0 Å². The molecule has 0 bridgehead atoms. The highest BCUT2D eigenvalue weighted by molar-refractivity contribution is 7.98. The Bertz CT molecular complexity index is 414. The summed E-state index contributed by atoms with van der Waals surface area (Å²) in [6.07, 6.45) is 0. The molecule has 0 saturated carbocycles. The monoisotopic (exact) mass is 225 g/mol. The van der Waals surface area contributed by atoms with Gasteiger partial charge in [0.2, 0.25) is 0 Å². The SMILES string of the molecule is CC(C)NCc1nc2c(c(=O)[nH]1)CSC2. The Kier molecular flexibility index (Phi) is 3.11. The maximum absolute atomic E-state index is 11.6. The number of aromatic nitrogens is 2. The molecule has 0 spiro atoms. The van der Waals surface area contributed by atoms with Gasteiger partial charge in [-0.3, -0.25) is 4.79 Å². The Balaban J connectivity index is 2.20. The van der Waals surface area contributed by atoms with Crippen LogP contribution in [-0.2, 0) is 18.1 Å². The first-order chi connectivity index (χ1) is 7.16. The second kappa shape index (κ2) is 4.37. The number of hydrogen-bond donors (Lipinski definition) is 2. The zero-order valence-electron chi connectivity index (χ0n) is 8.96. The van der Waals surface area contributed by atoms with Gasteiger partial charge in [-0.2, -0.15) is 11.8 Å². The molecule has 0 radical (unpaired) electrons. The van der Waals surface area contributed by atoms with Gasteiger partial charge in [-0.1, -0.05) is 13.8 Å². The molecule has 0 amide bonds. The van der Waals surface area contributed by atoms with Crippen LogP contribution < -0.4 is 10.9 Å². The summed E-state index contributed by atoms with van der Waals surface area (Å²) in [5.74, 6) is 2.42. The summed E-state index contributed by atoms with van der Waals surface area (Å²) in [7, 11) is 0. The highest BCUT2D eigenvalue weighted by Gasteiger charge is 2.17. The fourth-order valence-electron chi connectivity index (χ4n) is 1.50. The summed E-state index contributed by atoms with van der Waals surface area (Å²) in [6.45, 7) is 4.77. The summed E-state index contributed by atoms with van der Waals surface area (Å²) < 4.78 is 0. The van der Waals surface area contributed by atoms with Gasteiger partial charge >= 0.3 is 0 Å². The van der Waals surface area contributed by atoms with Crippen LogP contribution in [0.2, 0.25) is 0 Å². The Morgan fingerprint density at radius 2 is 2.33 bits per heavy atom. The molecule has 0 unspecified atom stereocenters. The van der Waals surface area contributed by atoms with Crippen LogP contribution in [-0.4, -0.2) is 16.0 Å². The minimum absolute atomic E-state index is 0.0329. The van der Waals surface area contributed by atoms with Crippen LogP contribution in [0.3, 0.4) is 0 Å². The number of nitrogens with zero attached hydrogens (tertiary/aromatic N) is 1. The number of H-pyrrole nitrogens is 1. The number of rotatable bonds is 3. The lowest BCUT2D eigenvalue weighted by Crippen LogP contribution is -2.26. The molecule has 0 aliphatic carbocycles. The molecular formula is C10H15N3OS. The zero-order chi connectivity index (χ0) is 10.8. The van der Waals surface area contributed by atoms with E-state index in [0.29, 0.717) is 12.6 Å². The van der Waals surface area contributed by atoms with Crippen molar-refractivity contribution in [3.8, 4) is 0 Å². The molecule has 82 valence electrons. The molecule has 4 nitrogen and oxygen atoms in total. The molecule has 0 atom stereocenters. The van der Waals surface area contributed by atoms with Gasteiger partial charge in [0.15, 0.2) is 0 Å². The van der Waals surface area contributed by atoms with Gasteiger partial charge < -0.3 is 10.3 Å². The van der Waals surface area contributed by atoms with E-state index < -0.39 is 0 Å². The van der Waals surface area contributed by atoms with Crippen LogP contribution in [0.15, 0.2) is 4.79 Å². The maximum Gasteiger partial charge on any atom is 0.255 e. The highest BCUT2D eigenvalue weighted by Crippen LogP contribution is 2.24. The van der Waals surface area contributed by atoms with Crippen molar-refractivity contribution in [2.45, 2.75) is 37.9 Å². The molecule has 1 aliphatic heterocycles. The Hall–Kier alpha value is -0.810. The minimum atomic E-state index is 0.0329. The predicted octanol–water partition coefficient (Wildman–Crippen LogP) is 1.01. The fourth-order valence-corrected chi connectivity index (χ4v) is 2.53. The van der Waals surface area contributed by atoms with E-state index in [1.807, 2.05) is 0 Å². The van der Waals surface area contributed by atoms with Crippen LogP contribution in [0.25, 0.3) is 0 Å². The van der Waals surface area contributed by atoms with Crippen LogP contribution in [0.4, 0.5) is 0 Å². The topological polar surface area (TPSA) is 57.8 Å². The van der Waals surface area contributed by atoms with Gasteiger partial charge in [-0.05, 0) is 0 Å². The van der Waals surface area contributed by atoms with Crippen molar-refractivity contribution in [1.82, 2.24) is 15.3 Å². The van der Waals surface area contributed by atoms with E-state index in [1.54, 1.807) is 11.8 Å². The van der Waals surface area contributed by atoms with Crippen LogP contribution in [0.5, 0.6) is 0 Å². The normalized spacial score (nSPS) is 14.6. The Morgan fingerprint density at radius 3 is 3.07 bits per heavy atom. The van der Waals surface area contributed by atoms with Gasteiger partial charge in [0.25, 0.3) is 5.56 Å². The van der Waals surface area contributed by atoms with Crippen molar-refractivity contribution in [3.63, 3.8) is 0 Å². The molecule has 0 saturated heterocycles. The maximum atomic E-state index is 11.6. The average Bonchev–Trinajstić information content (AvgIpc) is 2.63. The average molecular weight is 225 g/mol. The van der Waals surface area contributed by atoms with E-state index in [9.17, 15) is 4.79 Å². The van der Waals surface area contributed by atoms with E-state index in [4.69, 9.17) is 0 Å². The molecule has 2 N–H and O–H groups in total. The molecule has 0 fully saturated rings. The standard InChI is InChI=1S/C10H15N3OS/c1-6(2)11-3-9-12-8-5-15-4-7(8)10(14)13-9/h6,11H,3-5H2,1-2H3,(H,12,13,14). The molecule has 15 heavy (non-hydrogen) atoms. The summed E-state index contributed by atoms with van der Waals surface area (Å²) in [4.78, 5) is 18.9. The van der Waals surface area contributed by atoms with Gasteiger partial charge in [0.05, 0.1) is 12.2 Å². The molecule has 0 aromatic carbocycles. The third-order valence-electron chi connectivity index (χ3n) is 2.31. The Morgan fingerprint density at radius 1 is 1.53 bits per heavy atom. The van der Waals surface area contributed by atoms with E-state index in [-0.39, 0.29) is 5.56 Å². The number of nitrogens with one attached hydrogen (secondary N) is 2. The quantitative estimate of drug-likeness (QED) is 0.806. The molecule has 1 aromatic rings. The number of hydrogen-bond acceptors (Lipinski definition) is 4. The molecule has 2 rings (SSSR count). The van der Waals surface area contributed by atoms with Crippen molar-refractivity contribution < 1.29 is 0 Å². The second-order valence-electron chi connectivity index (χ2n) is 3.97. The lowest BCUT2D eigenvalue weighted by Gasteiger charge is -2.08. The fraction of sp³-hybridized carbons (Fsp3) is 0.600. The second-order valence-corrected chi connectivity index (χ2v) is 4.95. The predicted molar refractivity (Wildman–Crippen MR) is 61.8 cm³/mol. The summed E-state index contributed by atoms with van der Waals surface area (Å²) in [5.41, 5.74) is 1.85. The van der Waals surface area contributed by atoms with Crippen LogP contribution >= 0.6 is 11.8 Å². The van der Waals surface area contributed by atoms with Crippen molar-refractivity contribution in [2.24, 2.45) is 0 Å². The van der Waals surface area contributed by atoms with Crippen LogP contribution in [0, 0.1) is 0 Å². The molecular weight excluding hydrogens is 210 g/mol. The molecule has 5 heteroatoms. The van der Waals surface area contributed by atoms with Gasteiger partial charge in [0, 0.05) is 23.1 Å². The van der Waals surface area contributed by atoms with E-state index in [1.165, 1.54) is 0 Å². The van der Waals surface area contributed by atoms with Gasteiger partial charge in [-0.25, -0.2) is 4.98 Å². The summed E-state index contributed by atoms with van der Waals surface area (Å²) in [5, 5.41) is 3.24. The minimum Gasteiger partial charge on any atom is -0.309 e. The third kappa shape index (κ3) is 2.41. The first-order valence-electron chi connectivity index (χ1n) is 5.09. The summed E-state index contributed by atoms with van der Waals surface area (Å²) in [6, 6.07) is 0.401. The largest absolute Gasteiger partial charge is 0.309 e. The highest BCUT2D eigenvalue weighted by atomic mass is 32.2. The number of aromatic amines is 1. The first-order valence-corrected chi connectivity index (χ1v) is 6.24. The zero-order valence-corrected chi connectivity index (χ0v) is 9.78. The van der Waals surface area contributed by atoms with Crippen LogP contribution in [0.1, 0.15) is 30.9 Å². The summed E-state index contributed by atoms with van der Waals surface area (Å²) >= 11 is 1.75. The molecule has 1 aromatic heterocycles. The first kappa shape index (κ1) is 10.7. The van der Waals surface area contributed by atoms with E-state index in [2.05, 4.69) is 29.1 Å². The lowest BCUT2D eigenvalue weighted by atomic mass is 10.2. The van der Waals surface area contributed by atoms with Crippen molar-refractivity contribution in [2.75, 3.05) is 0 Å². The number of fused-ring (bicyclic) bond motifs is 1. The lowest BCUT2D eigenvalue weighted by molar-refractivity contribution is 0.569. The van der Waals surface area contributed by atoms with Gasteiger partial charge in [-0.15, -0.1) is 0 Å².